The fraction of sp³-hybridized carbons (Fsp3) is 0.136. The van der Waals surface area contributed by atoms with Gasteiger partial charge in [0, 0.05) is 35.3 Å². The second-order valence-electron chi connectivity index (χ2n) is 6.78. The van der Waals surface area contributed by atoms with Gasteiger partial charge in [0.15, 0.2) is 5.78 Å². The zero-order valence-corrected chi connectivity index (χ0v) is 17.7. The summed E-state index contributed by atoms with van der Waals surface area (Å²) in [7, 11) is -3.78. The number of nitrogens with one attached hydrogen (secondary N) is 2. The van der Waals surface area contributed by atoms with Crippen molar-refractivity contribution in [1.29, 1.82) is 0 Å². The van der Waals surface area contributed by atoms with Crippen LogP contribution < -0.4 is 10.0 Å². The molecule has 0 saturated carbocycles. The normalized spacial score (nSPS) is 11.4. The molecule has 0 aliphatic rings. The highest BCUT2D eigenvalue weighted by Crippen LogP contribution is 2.18. The van der Waals surface area contributed by atoms with E-state index in [9.17, 15) is 13.2 Å². The van der Waals surface area contributed by atoms with Crippen molar-refractivity contribution in [2.75, 3.05) is 10.0 Å². The highest BCUT2D eigenvalue weighted by molar-refractivity contribution is 7.92. The molecule has 1 aromatic heterocycles. The van der Waals surface area contributed by atoms with E-state index in [2.05, 4.69) is 20.0 Å². The van der Waals surface area contributed by atoms with Crippen LogP contribution in [0.1, 0.15) is 27.4 Å². The summed E-state index contributed by atoms with van der Waals surface area (Å²) in [4.78, 5) is 20.4. The maximum Gasteiger partial charge on any atom is 0.263 e. The molecule has 0 aliphatic heterocycles. The van der Waals surface area contributed by atoms with Gasteiger partial charge in [0.1, 0.15) is 11.6 Å². The van der Waals surface area contributed by atoms with Gasteiger partial charge in [0.05, 0.1) is 4.90 Å². The molecular formula is C22H22N4O3S. The van der Waals surface area contributed by atoms with Crippen molar-refractivity contribution < 1.29 is 13.2 Å². The molecule has 1 heterocycles. The molecule has 0 unspecified atom stereocenters. The van der Waals surface area contributed by atoms with Crippen molar-refractivity contribution >= 4 is 27.3 Å². The van der Waals surface area contributed by atoms with Crippen LogP contribution in [0.3, 0.4) is 0 Å². The number of carbonyl (C=O) groups excluding carboxylic acids is 1. The van der Waals surface area contributed by atoms with Crippen molar-refractivity contribution in [2.45, 2.75) is 25.7 Å². The third kappa shape index (κ3) is 5.51. The van der Waals surface area contributed by atoms with Crippen LogP contribution >= 0.6 is 0 Å². The third-order valence-corrected chi connectivity index (χ3v) is 5.56. The van der Waals surface area contributed by atoms with Crippen LogP contribution in [0.2, 0.25) is 0 Å². The van der Waals surface area contributed by atoms with Crippen LogP contribution in [0.15, 0.2) is 71.8 Å². The van der Waals surface area contributed by atoms with E-state index in [1.165, 1.54) is 24.4 Å². The zero-order chi connectivity index (χ0) is 21.7. The Bertz CT molecular complexity index is 1170. The Kier molecular flexibility index (Phi) is 6.27. The van der Waals surface area contributed by atoms with Gasteiger partial charge in [0.2, 0.25) is 0 Å². The van der Waals surface area contributed by atoms with Gasteiger partial charge in [0.25, 0.3) is 10.0 Å². The van der Waals surface area contributed by atoms with E-state index in [-0.39, 0.29) is 16.5 Å². The highest BCUT2D eigenvalue weighted by atomic mass is 32.2. The fourth-order valence-corrected chi connectivity index (χ4v) is 3.72. The van der Waals surface area contributed by atoms with E-state index in [4.69, 9.17) is 0 Å². The number of anilines is 2. The van der Waals surface area contributed by atoms with Gasteiger partial charge in [-0.2, -0.15) is 0 Å². The molecule has 0 aliphatic carbocycles. The molecule has 0 fully saturated rings. The van der Waals surface area contributed by atoms with E-state index in [0.717, 1.165) is 5.56 Å². The lowest BCUT2D eigenvalue weighted by molar-refractivity contribution is 0.104. The molecule has 0 atom stereocenters. The molecular weight excluding hydrogens is 400 g/mol. The van der Waals surface area contributed by atoms with Crippen molar-refractivity contribution in [3.8, 4) is 0 Å². The number of hydrogen-bond acceptors (Lipinski definition) is 6. The topological polar surface area (TPSA) is 101 Å². The Labute approximate surface area is 176 Å². The number of hydrogen-bond donors (Lipinski definition) is 2. The Morgan fingerprint density at radius 1 is 0.933 bits per heavy atom. The van der Waals surface area contributed by atoms with Gasteiger partial charge in [-0.25, -0.2) is 18.4 Å². The van der Waals surface area contributed by atoms with Crippen LogP contribution in [0.25, 0.3) is 0 Å². The van der Waals surface area contributed by atoms with Gasteiger partial charge in [-0.15, -0.1) is 0 Å². The van der Waals surface area contributed by atoms with Crippen molar-refractivity contribution in [3.63, 3.8) is 0 Å². The number of sulfonamides is 1. The molecule has 7 nitrogen and oxygen atoms in total. The summed E-state index contributed by atoms with van der Waals surface area (Å²) in [5, 5.41) is 2.96. The lowest BCUT2D eigenvalue weighted by Crippen LogP contribution is -2.14. The number of aromatic nitrogens is 2. The first-order valence-corrected chi connectivity index (χ1v) is 10.7. The van der Waals surface area contributed by atoms with Crippen LogP contribution in [-0.2, 0) is 10.0 Å². The SMILES string of the molecule is Cc1ccc(C(=O)/C=C\Nc2ccc(S(=O)(=O)Nc3cc(C)nc(C)n3)cc2)cc1. The monoisotopic (exact) mass is 422 g/mol. The van der Waals surface area contributed by atoms with Gasteiger partial charge in [-0.05, 0) is 45.0 Å². The standard InChI is InChI=1S/C22H22N4O3S/c1-15-4-6-18(7-5-15)21(27)12-13-23-19-8-10-20(11-9-19)30(28,29)26-22-14-16(2)24-17(3)25-22/h4-14,23H,1-3H3,(H,24,25,26)/b13-12-. The molecule has 0 saturated heterocycles. The minimum absolute atomic E-state index is 0.0988. The summed E-state index contributed by atoms with van der Waals surface area (Å²) < 4.78 is 27.6. The van der Waals surface area contributed by atoms with E-state index < -0.39 is 10.0 Å². The van der Waals surface area contributed by atoms with E-state index >= 15 is 0 Å². The number of aryl methyl sites for hydroxylation is 3. The van der Waals surface area contributed by atoms with Gasteiger partial charge in [-0.1, -0.05) is 29.8 Å². The van der Waals surface area contributed by atoms with E-state index in [0.29, 0.717) is 22.8 Å². The zero-order valence-electron chi connectivity index (χ0n) is 16.9. The summed E-state index contributed by atoms with van der Waals surface area (Å²) in [5.74, 6) is 0.584. The van der Waals surface area contributed by atoms with Gasteiger partial charge >= 0.3 is 0 Å². The average Bonchev–Trinajstić information content (AvgIpc) is 2.67. The molecule has 0 radical (unpaired) electrons. The number of allylic oxidation sites excluding steroid dienone is 1. The Hall–Kier alpha value is -3.52. The maximum absolute atomic E-state index is 12.6. The predicted molar refractivity (Wildman–Crippen MR) is 117 cm³/mol. The van der Waals surface area contributed by atoms with Crippen LogP contribution in [0, 0.1) is 20.8 Å². The maximum atomic E-state index is 12.6. The first-order valence-electron chi connectivity index (χ1n) is 9.22. The van der Waals surface area contributed by atoms with E-state index in [1.54, 1.807) is 44.2 Å². The Morgan fingerprint density at radius 2 is 1.60 bits per heavy atom. The summed E-state index contributed by atoms with van der Waals surface area (Å²) in [6, 6.07) is 15.1. The predicted octanol–water partition coefficient (Wildman–Crippen LogP) is 4.01. The van der Waals surface area contributed by atoms with Crippen molar-refractivity contribution in [3.05, 3.63) is 89.5 Å². The summed E-state index contributed by atoms with van der Waals surface area (Å²) in [5.41, 5.74) is 3.01. The number of benzene rings is 2. The lowest BCUT2D eigenvalue weighted by Gasteiger charge is -2.09. The Morgan fingerprint density at radius 3 is 2.23 bits per heavy atom. The molecule has 2 aromatic carbocycles. The lowest BCUT2D eigenvalue weighted by atomic mass is 10.1. The molecule has 0 amide bonds. The minimum Gasteiger partial charge on any atom is -0.362 e. The van der Waals surface area contributed by atoms with Crippen molar-refractivity contribution in [1.82, 2.24) is 9.97 Å². The molecule has 0 spiro atoms. The summed E-state index contributed by atoms with van der Waals surface area (Å²) in [6.07, 6.45) is 2.95. The first-order chi connectivity index (χ1) is 14.2. The number of rotatable bonds is 7. The smallest absolute Gasteiger partial charge is 0.263 e. The molecule has 2 N–H and O–H groups in total. The van der Waals surface area contributed by atoms with Crippen LogP contribution in [0.5, 0.6) is 0 Å². The first kappa shape index (κ1) is 21.2. The summed E-state index contributed by atoms with van der Waals surface area (Å²) in [6.45, 7) is 5.42. The van der Waals surface area contributed by atoms with Crippen LogP contribution in [-0.4, -0.2) is 24.2 Å². The quantitative estimate of drug-likeness (QED) is 0.441. The van der Waals surface area contributed by atoms with Crippen LogP contribution in [0.4, 0.5) is 11.5 Å². The third-order valence-electron chi connectivity index (χ3n) is 4.19. The second kappa shape index (κ2) is 8.87. The minimum atomic E-state index is -3.78. The van der Waals surface area contributed by atoms with Gasteiger partial charge < -0.3 is 5.32 Å². The molecule has 3 rings (SSSR count). The number of carbonyl (C=O) groups is 1. The fourth-order valence-electron chi connectivity index (χ4n) is 2.72. The largest absolute Gasteiger partial charge is 0.362 e. The number of ketones is 1. The molecule has 0 bridgehead atoms. The summed E-state index contributed by atoms with van der Waals surface area (Å²) >= 11 is 0. The highest BCUT2D eigenvalue weighted by Gasteiger charge is 2.15. The van der Waals surface area contributed by atoms with E-state index in [1.807, 2.05) is 19.1 Å². The number of nitrogens with zero attached hydrogens (tertiary/aromatic N) is 2. The van der Waals surface area contributed by atoms with Crippen molar-refractivity contribution in [2.24, 2.45) is 0 Å². The molecule has 8 heteroatoms. The second-order valence-corrected chi connectivity index (χ2v) is 8.46. The molecule has 3 aromatic rings. The molecule has 154 valence electrons. The Balaban J connectivity index is 1.65. The molecule has 30 heavy (non-hydrogen) atoms. The average molecular weight is 423 g/mol. The van der Waals surface area contributed by atoms with Gasteiger partial charge in [-0.3, -0.25) is 9.52 Å².